The monoisotopic (exact) mass is 133 g/mol. The molecule has 0 aromatic rings. The molecular weight excluding hydrogens is 118 g/mol. The minimum Gasteiger partial charge on any atom is -0.355 e. The molecule has 0 rings (SSSR count). The Kier molecular flexibility index (Phi) is 7.77. The Bertz CT molecular complexity index is 44.3. The summed E-state index contributed by atoms with van der Waals surface area (Å²) in [7, 11) is 0. The van der Waals surface area contributed by atoms with Gasteiger partial charge in [-0.15, -0.1) is 0 Å². The Morgan fingerprint density at radius 3 is 2.67 bits per heavy atom. The molecule has 0 aliphatic carbocycles. The zero-order chi connectivity index (χ0) is 6.95. The number of nitrogens with two attached hydrogens (primary N) is 1. The lowest BCUT2D eigenvalue weighted by Gasteiger charge is -2.00. The van der Waals surface area contributed by atoms with Crippen LogP contribution in [0.3, 0.4) is 0 Å². The number of ether oxygens (including phenoxy) is 2. The van der Waals surface area contributed by atoms with E-state index in [4.69, 9.17) is 15.2 Å². The quantitative estimate of drug-likeness (QED) is 0.428. The van der Waals surface area contributed by atoms with E-state index in [1.807, 2.05) is 0 Å². The molecule has 3 nitrogen and oxygen atoms in total. The normalized spacial score (nSPS) is 10.0. The van der Waals surface area contributed by atoms with Crippen molar-refractivity contribution in [2.24, 2.45) is 5.73 Å². The van der Waals surface area contributed by atoms with Crippen molar-refractivity contribution in [3.8, 4) is 0 Å². The first-order chi connectivity index (χ1) is 4.41. The molecule has 0 saturated heterocycles. The smallest absolute Gasteiger partial charge is 0.148 e. The van der Waals surface area contributed by atoms with Gasteiger partial charge in [-0.05, 0) is 6.42 Å². The lowest BCUT2D eigenvalue weighted by molar-refractivity contribution is -0.0522. The lowest BCUT2D eigenvalue weighted by atomic mass is 10.4. The van der Waals surface area contributed by atoms with Gasteiger partial charge in [0, 0.05) is 6.61 Å². The molecule has 2 N–H and O–H groups in total. The highest BCUT2D eigenvalue weighted by Crippen LogP contribution is 1.86. The molecule has 0 bridgehead atoms. The van der Waals surface area contributed by atoms with Crippen molar-refractivity contribution in [2.45, 2.75) is 19.8 Å². The van der Waals surface area contributed by atoms with Crippen molar-refractivity contribution in [3.05, 3.63) is 0 Å². The zero-order valence-electron chi connectivity index (χ0n) is 5.93. The summed E-state index contributed by atoms with van der Waals surface area (Å²) in [5.41, 5.74) is 5.04. The molecule has 0 aliphatic heterocycles. The molecule has 0 saturated carbocycles. The van der Waals surface area contributed by atoms with E-state index in [2.05, 4.69) is 6.92 Å². The molecule has 3 heteroatoms. The van der Waals surface area contributed by atoms with Gasteiger partial charge in [0.15, 0.2) is 0 Å². The first-order valence-electron chi connectivity index (χ1n) is 3.27. The summed E-state index contributed by atoms with van der Waals surface area (Å²) in [5.74, 6) is 0. The van der Waals surface area contributed by atoms with Crippen LogP contribution < -0.4 is 5.73 Å². The highest BCUT2D eigenvalue weighted by atomic mass is 16.7. The molecule has 0 spiro atoms. The molecular formula is C6H15NO2. The molecule has 0 fully saturated rings. The Balaban J connectivity index is 2.60. The standard InChI is InChI=1S/C6H15NO2/c1-2-3-4-8-6-9-5-7/h2-7H2,1H3. The van der Waals surface area contributed by atoms with E-state index in [0.29, 0.717) is 6.79 Å². The minimum absolute atomic E-state index is 0.242. The van der Waals surface area contributed by atoms with Crippen LogP contribution in [0.2, 0.25) is 0 Å². The number of hydrogen-bond donors (Lipinski definition) is 1. The summed E-state index contributed by atoms with van der Waals surface area (Å²) in [5, 5.41) is 0. The van der Waals surface area contributed by atoms with Crippen LogP contribution in [0.1, 0.15) is 19.8 Å². The van der Waals surface area contributed by atoms with E-state index < -0.39 is 0 Å². The van der Waals surface area contributed by atoms with Gasteiger partial charge in [-0.25, -0.2) is 0 Å². The maximum Gasteiger partial charge on any atom is 0.148 e. The van der Waals surface area contributed by atoms with Gasteiger partial charge in [-0.2, -0.15) is 0 Å². The summed E-state index contributed by atoms with van der Waals surface area (Å²) in [4.78, 5) is 0. The number of hydrogen-bond acceptors (Lipinski definition) is 3. The second-order valence-corrected chi connectivity index (χ2v) is 1.75. The Morgan fingerprint density at radius 1 is 1.33 bits per heavy atom. The molecule has 0 heterocycles. The van der Waals surface area contributed by atoms with E-state index in [1.54, 1.807) is 0 Å². The average Bonchev–Trinajstić information content (AvgIpc) is 1.89. The topological polar surface area (TPSA) is 44.5 Å². The molecule has 0 aliphatic rings. The van der Waals surface area contributed by atoms with E-state index in [0.717, 1.165) is 19.4 Å². The molecule has 0 radical (unpaired) electrons. The fourth-order valence-corrected chi connectivity index (χ4v) is 0.412. The van der Waals surface area contributed by atoms with Crippen LogP contribution in [0.5, 0.6) is 0 Å². The average molecular weight is 133 g/mol. The molecule has 9 heavy (non-hydrogen) atoms. The van der Waals surface area contributed by atoms with Gasteiger partial charge in [-0.3, -0.25) is 0 Å². The van der Waals surface area contributed by atoms with Crippen LogP contribution in [0.25, 0.3) is 0 Å². The molecule has 0 amide bonds. The van der Waals surface area contributed by atoms with E-state index in [-0.39, 0.29) is 6.73 Å². The van der Waals surface area contributed by atoms with E-state index in [9.17, 15) is 0 Å². The predicted octanol–water partition coefficient (Wildman–Crippen LogP) is 0.693. The third kappa shape index (κ3) is 7.88. The third-order valence-corrected chi connectivity index (χ3v) is 0.927. The summed E-state index contributed by atoms with van der Waals surface area (Å²) >= 11 is 0. The van der Waals surface area contributed by atoms with Gasteiger partial charge in [0.1, 0.15) is 6.79 Å². The van der Waals surface area contributed by atoms with Crippen LogP contribution in [0.4, 0.5) is 0 Å². The van der Waals surface area contributed by atoms with Crippen molar-refractivity contribution in [1.82, 2.24) is 0 Å². The second-order valence-electron chi connectivity index (χ2n) is 1.75. The largest absolute Gasteiger partial charge is 0.355 e. The maximum absolute atomic E-state index is 5.04. The number of rotatable bonds is 6. The van der Waals surface area contributed by atoms with Crippen LogP contribution in [0.15, 0.2) is 0 Å². The summed E-state index contributed by atoms with van der Waals surface area (Å²) in [6.45, 7) is 3.46. The molecule has 0 aromatic carbocycles. The molecule has 0 unspecified atom stereocenters. The van der Waals surface area contributed by atoms with Gasteiger partial charge >= 0.3 is 0 Å². The van der Waals surface area contributed by atoms with Crippen LogP contribution in [-0.2, 0) is 9.47 Å². The number of unbranched alkanes of at least 4 members (excludes halogenated alkanes) is 1. The second kappa shape index (κ2) is 7.88. The zero-order valence-corrected chi connectivity index (χ0v) is 5.93. The first-order valence-corrected chi connectivity index (χ1v) is 3.27. The molecule has 56 valence electrons. The Labute approximate surface area is 56.1 Å². The molecule has 0 aromatic heterocycles. The van der Waals surface area contributed by atoms with Gasteiger partial charge in [0.05, 0.1) is 6.73 Å². The fourth-order valence-electron chi connectivity index (χ4n) is 0.412. The van der Waals surface area contributed by atoms with Crippen LogP contribution >= 0.6 is 0 Å². The molecule has 0 atom stereocenters. The lowest BCUT2D eigenvalue weighted by Crippen LogP contribution is -2.08. The van der Waals surface area contributed by atoms with Gasteiger partial charge in [0.2, 0.25) is 0 Å². The summed E-state index contributed by atoms with van der Waals surface area (Å²) in [6.07, 6.45) is 2.25. The maximum atomic E-state index is 5.04. The SMILES string of the molecule is CCCCOCOCN. The van der Waals surface area contributed by atoms with Crippen LogP contribution in [0, 0.1) is 0 Å². The predicted molar refractivity (Wildman–Crippen MR) is 35.9 cm³/mol. The van der Waals surface area contributed by atoms with Crippen molar-refractivity contribution in [3.63, 3.8) is 0 Å². The Morgan fingerprint density at radius 2 is 2.11 bits per heavy atom. The van der Waals surface area contributed by atoms with Crippen molar-refractivity contribution >= 4 is 0 Å². The van der Waals surface area contributed by atoms with Crippen molar-refractivity contribution in [2.75, 3.05) is 20.1 Å². The summed E-state index contributed by atoms with van der Waals surface area (Å²) in [6, 6.07) is 0. The van der Waals surface area contributed by atoms with Crippen molar-refractivity contribution < 1.29 is 9.47 Å². The Hall–Kier alpha value is -0.120. The summed E-state index contributed by atoms with van der Waals surface area (Å²) < 4.78 is 9.75. The van der Waals surface area contributed by atoms with Crippen molar-refractivity contribution in [1.29, 1.82) is 0 Å². The van der Waals surface area contributed by atoms with E-state index in [1.165, 1.54) is 0 Å². The minimum atomic E-state index is 0.242. The highest BCUT2D eigenvalue weighted by molar-refractivity contribution is 4.27. The van der Waals surface area contributed by atoms with Gasteiger partial charge in [0.25, 0.3) is 0 Å². The van der Waals surface area contributed by atoms with Gasteiger partial charge in [-0.1, -0.05) is 13.3 Å². The van der Waals surface area contributed by atoms with E-state index >= 15 is 0 Å². The van der Waals surface area contributed by atoms with Gasteiger partial charge < -0.3 is 15.2 Å². The van der Waals surface area contributed by atoms with Crippen LogP contribution in [-0.4, -0.2) is 20.1 Å². The third-order valence-electron chi connectivity index (χ3n) is 0.927. The first kappa shape index (κ1) is 8.88. The highest BCUT2D eigenvalue weighted by Gasteiger charge is 1.83. The fraction of sp³-hybridized carbons (Fsp3) is 1.00.